The van der Waals surface area contributed by atoms with Crippen LogP contribution in [0.15, 0.2) is 24.3 Å². The largest absolute Gasteiger partial charge is 0.298 e. The van der Waals surface area contributed by atoms with Crippen molar-refractivity contribution in [2.24, 2.45) is 0 Å². The lowest BCUT2D eigenvalue weighted by Crippen LogP contribution is -2.11. The third-order valence-corrected chi connectivity index (χ3v) is 3.71. The first-order valence-electron chi connectivity index (χ1n) is 6.91. The van der Waals surface area contributed by atoms with Gasteiger partial charge in [0.2, 0.25) is 0 Å². The van der Waals surface area contributed by atoms with Crippen LogP contribution >= 0.6 is 0 Å². The van der Waals surface area contributed by atoms with Gasteiger partial charge < -0.3 is 0 Å². The van der Waals surface area contributed by atoms with Gasteiger partial charge in [0.1, 0.15) is 0 Å². The molecule has 2 aromatic rings. The van der Waals surface area contributed by atoms with E-state index in [2.05, 4.69) is 50.1 Å². The van der Waals surface area contributed by atoms with Gasteiger partial charge in [0.15, 0.2) is 6.29 Å². The first-order chi connectivity index (χ1) is 9.32. The van der Waals surface area contributed by atoms with Crippen molar-refractivity contribution < 1.29 is 4.79 Å². The van der Waals surface area contributed by atoms with Gasteiger partial charge in [-0.3, -0.25) is 9.48 Å². The quantitative estimate of drug-likeness (QED) is 0.798. The number of hydrogen-bond donors (Lipinski definition) is 0. The third kappa shape index (κ3) is 2.82. The Labute approximate surface area is 120 Å². The summed E-state index contributed by atoms with van der Waals surface area (Å²) in [5, 5.41) is 4.43. The van der Waals surface area contributed by atoms with Crippen LogP contribution in [0.2, 0.25) is 0 Å². The summed E-state index contributed by atoms with van der Waals surface area (Å²) >= 11 is 0. The highest BCUT2D eigenvalue weighted by molar-refractivity contribution is 5.78. The predicted molar refractivity (Wildman–Crippen MR) is 81.3 cm³/mol. The monoisotopic (exact) mass is 270 g/mol. The van der Waals surface area contributed by atoms with Crippen molar-refractivity contribution >= 4 is 6.29 Å². The Hall–Kier alpha value is -1.90. The number of hydrogen-bond acceptors (Lipinski definition) is 2. The number of aromatic nitrogens is 2. The number of aryl methyl sites for hydroxylation is 1. The summed E-state index contributed by atoms with van der Waals surface area (Å²) < 4.78 is 1.89. The van der Waals surface area contributed by atoms with Crippen LogP contribution in [0.1, 0.15) is 53.6 Å². The molecule has 1 aromatic carbocycles. The third-order valence-electron chi connectivity index (χ3n) is 3.71. The Balaban J connectivity index is 2.25. The van der Waals surface area contributed by atoms with E-state index in [4.69, 9.17) is 0 Å². The summed E-state index contributed by atoms with van der Waals surface area (Å²) in [6.45, 7) is 11.1. The van der Waals surface area contributed by atoms with Crippen LogP contribution in [0.3, 0.4) is 0 Å². The van der Waals surface area contributed by atoms with E-state index >= 15 is 0 Å². The van der Waals surface area contributed by atoms with Crippen molar-refractivity contribution in [2.45, 2.75) is 46.6 Å². The maximum absolute atomic E-state index is 11.0. The maximum Gasteiger partial charge on any atom is 0.153 e. The number of nitrogens with zero attached hydrogens (tertiary/aromatic N) is 2. The highest BCUT2D eigenvalue weighted by Gasteiger charge is 2.14. The van der Waals surface area contributed by atoms with Gasteiger partial charge >= 0.3 is 0 Å². The van der Waals surface area contributed by atoms with Crippen LogP contribution in [0.5, 0.6) is 0 Å². The van der Waals surface area contributed by atoms with E-state index in [0.717, 1.165) is 17.7 Å². The lowest BCUT2D eigenvalue weighted by atomic mass is 9.87. The fraction of sp³-hybridized carbons (Fsp3) is 0.412. The van der Waals surface area contributed by atoms with E-state index in [1.807, 2.05) is 18.5 Å². The first kappa shape index (κ1) is 14.5. The maximum atomic E-state index is 11.0. The molecule has 0 saturated carbocycles. The Morgan fingerprint density at radius 3 is 2.20 bits per heavy atom. The van der Waals surface area contributed by atoms with E-state index in [9.17, 15) is 4.79 Å². The molecule has 3 heteroatoms. The van der Waals surface area contributed by atoms with Gasteiger partial charge in [0.25, 0.3) is 0 Å². The van der Waals surface area contributed by atoms with E-state index < -0.39 is 0 Å². The van der Waals surface area contributed by atoms with Crippen molar-refractivity contribution in [3.63, 3.8) is 0 Å². The van der Waals surface area contributed by atoms with Crippen molar-refractivity contribution in [3.05, 3.63) is 52.3 Å². The van der Waals surface area contributed by atoms with Crippen LogP contribution < -0.4 is 0 Å². The average molecular weight is 270 g/mol. The highest BCUT2D eigenvalue weighted by Crippen LogP contribution is 2.22. The molecule has 1 aromatic heterocycles. The Kier molecular flexibility index (Phi) is 3.80. The van der Waals surface area contributed by atoms with Crippen LogP contribution in [0.4, 0.5) is 0 Å². The molecular weight excluding hydrogens is 248 g/mol. The molecule has 0 aliphatic heterocycles. The van der Waals surface area contributed by atoms with Crippen LogP contribution in [0.25, 0.3) is 0 Å². The molecule has 0 bridgehead atoms. The first-order valence-corrected chi connectivity index (χ1v) is 6.91. The van der Waals surface area contributed by atoms with Gasteiger partial charge in [-0.15, -0.1) is 0 Å². The molecule has 0 aliphatic rings. The second kappa shape index (κ2) is 5.23. The van der Waals surface area contributed by atoms with E-state index in [-0.39, 0.29) is 5.41 Å². The SMILES string of the molecule is Cc1nn(Cc2ccc(C(C)(C)C)cc2)c(C)c1C=O. The van der Waals surface area contributed by atoms with Crippen LogP contribution in [-0.2, 0) is 12.0 Å². The number of carbonyl (C=O) groups excluding carboxylic acids is 1. The molecular formula is C17H22N2O. The predicted octanol–water partition coefficient (Wildman–Crippen LogP) is 3.66. The molecule has 2 rings (SSSR count). The number of benzene rings is 1. The van der Waals surface area contributed by atoms with Gasteiger partial charge in [0.05, 0.1) is 17.8 Å². The molecule has 3 nitrogen and oxygen atoms in total. The summed E-state index contributed by atoms with van der Waals surface area (Å²) in [5.41, 5.74) is 5.11. The van der Waals surface area contributed by atoms with Crippen molar-refractivity contribution in [1.82, 2.24) is 9.78 Å². The summed E-state index contributed by atoms with van der Waals surface area (Å²) in [7, 11) is 0. The molecule has 0 unspecified atom stereocenters. The summed E-state index contributed by atoms with van der Waals surface area (Å²) in [4.78, 5) is 11.0. The minimum absolute atomic E-state index is 0.168. The number of aldehydes is 1. The normalized spacial score (nSPS) is 11.7. The standard InChI is InChI=1S/C17H22N2O/c1-12-16(11-20)13(2)19(18-12)10-14-6-8-15(9-7-14)17(3,4)5/h6-9,11H,10H2,1-5H3. The van der Waals surface area contributed by atoms with Gasteiger partial charge in [-0.1, -0.05) is 45.0 Å². The second-order valence-electron chi connectivity index (χ2n) is 6.31. The summed E-state index contributed by atoms with van der Waals surface area (Å²) in [6.07, 6.45) is 0.886. The lowest BCUT2D eigenvalue weighted by Gasteiger charge is -2.19. The zero-order valence-electron chi connectivity index (χ0n) is 12.9. The van der Waals surface area contributed by atoms with Gasteiger partial charge in [0, 0.05) is 5.69 Å². The number of carbonyl (C=O) groups is 1. The van der Waals surface area contributed by atoms with Gasteiger partial charge in [-0.2, -0.15) is 5.10 Å². The molecule has 1 heterocycles. The Morgan fingerprint density at radius 2 is 1.75 bits per heavy atom. The zero-order valence-corrected chi connectivity index (χ0v) is 12.9. The van der Waals surface area contributed by atoms with Gasteiger partial charge in [-0.25, -0.2) is 0 Å². The highest BCUT2D eigenvalue weighted by atomic mass is 16.1. The second-order valence-corrected chi connectivity index (χ2v) is 6.31. The van der Waals surface area contributed by atoms with Crippen LogP contribution in [-0.4, -0.2) is 16.1 Å². The van der Waals surface area contributed by atoms with Gasteiger partial charge in [-0.05, 0) is 30.4 Å². The lowest BCUT2D eigenvalue weighted by molar-refractivity contribution is 0.112. The fourth-order valence-electron chi connectivity index (χ4n) is 2.32. The molecule has 0 radical (unpaired) electrons. The van der Waals surface area contributed by atoms with Crippen molar-refractivity contribution in [3.8, 4) is 0 Å². The van der Waals surface area contributed by atoms with E-state index in [1.165, 1.54) is 11.1 Å². The average Bonchev–Trinajstić information content (AvgIpc) is 2.63. The molecule has 0 atom stereocenters. The molecule has 0 spiro atoms. The summed E-state index contributed by atoms with van der Waals surface area (Å²) in [6, 6.07) is 8.61. The molecule has 20 heavy (non-hydrogen) atoms. The molecule has 0 fully saturated rings. The number of rotatable bonds is 3. The summed E-state index contributed by atoms with van der Waals surface area (Å²) in [5.74, 6) is 0. The molecule has 106 valence electrons. The van der Waals surface area contributed by atoms with Crippen molar-refractivity contribution in [2.75, 3.05) is 0 Å². The Bertz CT molecular complexity index is 616. The van der Waals surface area contributed by atoms with E-state index in [1.54, 1.807) is 0 Å². The molecule has 0 N–H and O–H groups in total. The zero-order chi connectivity index (χ0) is 14.9. The topological polar surface area (TPSA) is 34.9 Å². The minimum Gasteiger partial charge on any atom is -0.298 e. The van der Waals surface area contributed by atoms with Crippen LogP contribution in [0, 0.1) is 13.8 Å². The Morgan fingerprint density at radius 1 is 1.15 bits per heavy atom. The molecule has 0 saturated heterocycles. The fourth-order valence-corrected chi connectivity index (χ4v) is 2.32. The minimum atomic E-state index is 0.168. The molecule has 0 amide bonds. The van der Waals surface area contributed by atoms with Crippen molar-refractivity contribution in [1.29, 1.82) is 0 Å². The van der Waals surface area contributed by atoms with E-state index in [0.29, 0.717) is 12.1 Å². The smallest absolute Gasteiger partial charge is 0.153 e. The molecule has 0 aliphatic carbocycles.